The molecule has 1 aliphatic carbocycles. The van der Waals surface area contributed by atoms with Crippen LogP contribution in [0.4, 0.5) is 19.1 Å². The number of aromatic nitrogens is 2. The molecule has 0 radical (unpaired) electrons. The van der Waals surface area contributed by atoms with Gasteiger partial charge >= 0.3 is 12.1 Å². The van der Waals surface area contributed by atoms with E-state index in [0.717, 1.165) is 5.57 Å². The van der Waals surface area contributed by atoms with Gasteiger partial charge in [-0.2, -0.15) is 18.2 Å². The predicted octanol–water partition coefficient (Wildman–Crippen LogP) is 6.06. The molecule has 8 nitrogen and oxygen atoms in total. The van der Waals surface area contributed by atoms with Crippen LogP contribution in [-0.4, -0.2) is 33.3 Å². The summed E-state index contributed by atoms with van der Waals surface area (Å²) in [6, 6.07) is 5.90. The number of ether oxygens (including phenoxy) is 1. The number of anilines is 1. The Morgan fingerprint density at radius 1 is 1.26 bits per heavy atom. The van der Waals surface area contributed by atoms with Crippen molar-refractivity contribution < 1.29 is 32.2 Å². The molecule has 204 valence electrons. The highest BCUT2D eigenvalue weighted by Gasteiger charge is 2.45. The van der Waals surface area contributed by atoms with Crippen LogP contribution in [0, 0.1) is 5.92 Å². The van der Waals surface area contributed by atoms with Crippen molar-refractivity contribution in [3.05, 3.63) is 65.2 Å². The molecule has 4 rings (SSSR count). The van der Waals surface area contributed by atoms with E-state index >= 15 is 0 Å². The Kier molecular flexibility index (Phi) is 9.29. The number of benzene rings is 1. The number of nitrogen functional groups attached to an aromatic ring is 1. The number of furan rings is 1. The second kappa shape index (κ2) is 12.1. The van der Waals surface area contributed by atoms with E-state index in [1.807, 2.05) is 6.08 Å². The number of rotatable bonds is 8. The molecular formula is C25H25Cl2F3N4O4. The van der Waals surface area contributed by atoms with E-state index < -0.39 is 24.3 Å². The van der Waals surface area contributed by atoms with E-state index in [1.54, 1.807) is 0 Å². The van der Waals surface area contributed by atoms with Crippen LogP contribution in [0.1, 0.15) is 43.0 Å². The Labute approximate surface area is 227 Å². The average molecular weight is 573 g/mol. The quantitative estimate of drug-likeness (QED) is 0.296. The first-order valence-corrected chi connectivity index (χ1v) is 11.8. The van der Waals surface area contributed by atoms with Crippen LogP contribution in [-0.2, 0) is 4.79 Å². The van der Waals surface area contributed by atoms with Crippen LogP contribution >= 0.6 is 24.0 Å². The summed E-state index contributed by atoms with van der Waals surface area (Å²) < 4.78 is 53.2. The number of hydrogen-bond acceptors (Lipinski definition) is 7. The van der Waals surface area contributed by atoms with E-state index in [2.05, 4.69) is 9.97 Å². The molecule has 0 amide bonds. The molecule has 13 heteroatoms. The van der Waals surface area contributed by atoms with Crippen molar-refractivity contribution in [1.29, 1.82) is 0 Å². The van der Waals surface area contributed by atoms with Gasteiger partial charge in [-0.1, -0.05) is 23.7 Å². The monoisotopic (exact) mass is 572 g/mol. The zero-order chi connectivity index (χ0) is 26.7. The third-order valence-electron chi connectivity index (χ3n) is 6.14. The lowest BCUT2D eigenvalue weighted by molar-refractivity contribution is -0.198. The van der Waals surface area contributed by atoms with E-state index in [9.17, 15) is 18.0 Å². The van der Waals surface area contributed by atoms with Gasteiger partial charge in [-0.15, -0.1) is 12.4 Å². The minimum Gasteiger partial charge on any atom is -0.480 e. The first kappa shape index (κ1) is 29.3. The van der Waals surface area contributed by atoms with Crippen LogP contribution in [0.3, 0.4) is 0 Å². The SMILES string of the molecule is Cl.Nc1nc(OC(c2ccc(Cl)cc2-c2ccoc2)C(F)(F)F)cc(C2=CCC(CC(N)C(=O)O)CC2)n1. The van der Waals surface area contributed by atoms with Gasteiger partial charge in [-0.05, 0) is 60.9 Å². The zero-order valence-electron chi connectivity index (χ0n) is 19.8. The predicted molar refractivity (Wildman–Crippen MR) is 138 cm³/mol. The largest absolute Gasteiger partial charge is 0.480 e. The van der Waals surface area contributed by atoms with Crippen LogP contribution in [0.25, 0.3) is 16.7 Å². The summed E-state index contributed by atoms with van der Waals surface area (Å²) in [5, 5.41) is 9.27. The molecule has 0 spiro atoms. The summed E-state index contributed by atoms with van der Waals surface area (Å²) in [6.45, 7) is 0. The topological polar surface area (TPSA) is 137 Å². The highest BCUT2D eigenvalue weighted by Crippen LogP contribution is 2.42. The Balaban J connectivity index is 0.00000400. The molecule has 3 aromatic rings. The van der Waals surface area contributed by atoms with E-state index in [4.69, 9.17) is 37.3 Å². The molecule has 2 aromatic heterocycles. The third kappa shape index (κ3) is 6.97. The Morgan fingerprint density at radius 2 is 2.03 bits per heavy atom. The van der Waals surface area contributed by atoms with Crippen LogP contribution in [0.5, 0.6) is 5.88 Å². The fraction of sp³-hybridized carbons (Fsp3) is 0.320. The molecule has 3 unspecified atom stereocenters. The smallest absolute Gasteiger partial charge is 0.429 e. The molecule has 38 heavy (non-hydrogen) atoms. The maximum absolute atomic E-state index is 14.3. The maximum Gasteiger partial charge on any atom is 0.429 e. The van der Waals surface area contributed by atoms with Gasteiger partial charge in [0.2, 0.25) is 17.9 Å². The number of nitrogens with two attached hydrogens (primary N) is 2. The summed E-state index contributed by atoms with van der Waals surface area (Å²) in [7, 11) is 0. The number of allylic oxidation sites excluding steroid dienone is 2. The maximum atomic E-state index is 14.3. The van der Waals surface area contributed by atoms with Crippen molar-refractivity contribution in [2.75, 3.05) is 5.73 Å². The second-order valence-corrected chi connectivity index (χ2v) is 9.22. The lowest BCUT2D eigenvalue weighted by Crippen LogP contribution is -2.32. The Hall–Kier alpha value is -3.28. The molecule has 0 fully saturated rings. The van der Waals surface area contributed by atoms with Crippen molar-refractivity contribution in [3.8, 4) is 17.0 Å². The zero-order valence-corrected chi connectivity index (χ0v) is 21.4. The molecule has 1 aromatic carbocycles. The van der Waals surface area contributed by atoms with Gasteiger partial charge in [0.1, 0.15) is 6.04 Å². The van der Waals surface area contributed by atoms with E-state index in [-0.39, 0.29) is 46.3 Å². The summed E-state index contributed by atoms with van der Waals surface area (Å²) in [6.07, 6.45) is -0.590. The number of alkyl halides is 3. The highest BCUT2D eigenvalue weighted by atomic mass is 35.5. The standard InChI is InChI=1S/C25H24ClF3N4O4.ClH/c26-16-5-6-17(18(10-16)15-7-8-36-12-15)22(25(27,28)29)37-21-11-20(32-24(31)33-21)14-3-1-13(2-4-14)9-19(30)23(34)35;/h3,5-8,10-13,19,22H,1-2,4,9,30H2,(H,34,35)(H2,31,32,33);1H. The van der Waals surface area contributed by atoms with Crippen molar-refractivity contribution in [1.82, 2.24) is 9.97 Å². The van der Waals surface area contributed by atoms with Crippen LogP contribution in [0.15, 0.2) is 53.4 Å². The summed E-state index contributed by atoms with van der Waals surface area (Å²) >= 11 is 6.06. The van der Waals surface area contributed by atoms with E-state index in [1.165, 1.54) is 42.9 Å². The van der Waals surface area contributed by atoms with Gasteiger partial charge in [0.15, 0.2) is 0 Å². The first-order valence-electron chi connectivity index (χ1n) is 11.4. The molecular weight excluding hydrogens is 548 g/mol. The number of carboxylic acids is 1. The van der Waals surface area contributed by atoms with Gasteiger partial charge in [0.05, 0.1) is 18.2 Å². The number of nitrogens with zero attached hydrogens (tertiary/aromatic N) is 2. The van der Waals surface area contributed by atoms with Crippen molar-refractivity contribution in [2.45, 2.75) is 44.0 Å². The molecule has 0 bridgehead atoms. The Morgan fingerprint density at radius 3 is 2.63 bits per heavy atom. The molecule has 0 aliphatic heterocycles. The van der Waals surface area contributed by atoms with Crippen molar-refractivity contribution >= 4 is 41.5 Å². The van der Waals surface area contributed by atoms with Gasteiger partial charge in [-0.25, -0.2) is 4.98 Å². The second-order valence-electron chi connectivity index (χ2n) is 8.78. The minimum absolute atomic E-state index is 0. The van der Waals surface area contributed by atoms with Crippen molar-refractivity contribution in [2.24, 2.45) is 11.7 Å². The fourth-order valence-corrected chi connectivity index (χ4v) is 4.49. The molecule has 0 saturated heterocycles. The minimum atomic E-state index is -4.80. The van der Waals surface area contributed by atoms with Crippen molar-refractivity contribution in [3.63, 3.8) is 0 Å². The highest BCUT2D eigenvalue weighted by molar-refractivity contribution is 6.30. The number of carbonyl (C=O) groups is 1. The first-order chi connectivity index (χ1) is 17.5. The normalized spacial score (nSPS) is 17.2. The van der Waals surface area contributed by atoms with Gasteiger partial charge < -0.3 is 25.7 Å². The third-order valence-corrected chi connectivity index (χ3v) is 6.37. The summed E-state index contributed by atoms with van der Waals surface area (Å²) in [5.41, 5.74) is 13.0. The van der Waals surface area contributed by atoms with Gasteiger partial charge in [-0.3, -0.25) is 4.79 Å². The molecule has 1 aliphatic rings. The van der Waals surface area contributed by atoms with Gasteiger partial charge in [0, 0.05) is 22.2 Å². The lowest BCUT2D eigenvalue weighted by atomic mass is 9.84. The number of halogens is 5. The summed E-state index contributed by atoms with van der Waals surface area (Å²) in [4.78, 5) is 19.1. The fourth-order valence-electron chi connectivity index (χ4n) is 4.32. The van der Waals surface area contributed by atoms with Crippen LogP contribution < -0.4 is 16.2 Å². The number of aliphatic carboxylic acids is 1. The van der Waals surface area contributed by atoms with Crippen LogP contribution in [0.2, 0.25) is 5.02 Å². The van der Waals surface area contributed by atoms with E-state index in [0.29, 0.717) is 36.9 Å². The lowest BCUT2D eigenvalue weighted by Gasteiger charge is -2.25. The number of hydrogen-bond donors (Lipinski definition) is 3. The Bertz CT molecular complexity index is 1300. The number of carboxylic acid groups (broad SMARTS) is 1. The molecule has 5 N–H and O–H groups in total. The summed E-state index contributed by atoms with van der Waals surface area (Å²) in [5.74, 6) is -1.56. The molecule has 0 saturated carbocycles. The van der Waals surface area contributed by atoms with Gasteiger partial charge in [0.25, 0.3) is 0 Å². The molecule has 2 heterocycles. The molecule has 3 atom stereocenters. The average Bonchev–Trinajstić information content (AvgIpc) is 3.37.